The highest BCUT2D eigenvalue weighted by atomic mass is 16.2. The summed E-state index contributed by atoms with van der Waals surface area (Å²) in [6, 6.07) is 6.32. The molecule has 0 radical (unpaired) electrons. The standard InChI is InChI=1S/C14H19N3O/c1-2-7-17(9-3-4-9)10-5-6-11-12(8-10)16-14(18)13(11)15/h5-6,8-9,13H,2-4,7,15H2,1H3,(H,16,18). The fourth-order valence-electron chi connectivity index (χ4n) is 2.60. The third kappa shape index (κ3) is 1.86. The zero-order valence-electron chi connectivity index (χ0n) is 10.6. The maximum atomic E-state index is 11.5. The van der Waals surface area contributed by atoms with Crippen LogP contribution >= 0.6 is 0 Å². The number of carbonyl (C=O) groups excluding carboxylic acids is 1. The molecule has 1 aliphatic carbocycles. The lowest BCUT2D eigenvalue weighted by Crippen LogP contribution is -2.26. The smallest absolute Gasteiger partial charge is 0.245 e. The van der Waals surface area contributed by atoms with E-state index in [1.54, 1.807) is 0 Å². The van der Waals surface area contributed by atoms with Gasteiger partial charge in [-0.1, -0.05) is 13.0 Å². The zero-order valence-corrected chi connectivity index (χ0v) is 10.6. The van der Waals surface area contributed by atoms with Crippen molar-refractivity contribution in [1.82, 2.24) is 0 Å². The van der Waals surface area contributed by atoms with Gasteiger partial charge in [-0.05, 0) is 31.4 Å². The molecule has 1 heterocycles. The quantitative estimate of drug-likeness (QED) is 0.853. The van der Waals surface area contributed by atoms with Crippen molar-refractivity contribution in [2.24, 2.45) is 5.73 Å². The number of rotatable bonds is 4. The van der Waals surface area contributed by atoms with Crippen molar-refractivity contribution in [1.29, 1.82) is 0 Å². The predicted molar refractivity (Wildman–Crippen MR) is 72.7 cm³/mol. The molecule has 0 spiro atoms. The maximum Gasteiger partial charge on any atom is 0.245 e. The van der Waals surface area contributed by atoms with Crippen LogP contribution in [0, 0.1) is 0 Å². The second-order valence-electron chi connectivity index (χ2n) is 5.16. The molecule has 1 aliphatic heterocycles. The van der Waals surface area contributed by atoms with Crippen LogP contribution in [0.2, 0.25) is 0 Å². The van der Waals surface area contributed by atoms with Gasteiger partial charge in [0.15, 0.2) is 0 Å². The molecule has 96 valence electrons. The van der Waals surface area contributed by atoms with E-state index in [4.69, 9.17) is 5.73 Å². The van der Waals surface area contributed by atoms with Crippen LogP contribution in [0.15, 0.2) is 18.2 Å². The van der Waals surface area contributed by atoms with Gasteiger partial charge in [0.2, 0.25) is 5.91 Å². The van der Waals surface area contributed by atoms with E-state index in [0.29, 0.717) is 6.04 Å². The van der Waals surface area contributed by atoms with Crippen LogP contribution in [-0.4, -0.2) is 18.5 Å². The van der Waals surface area contributed by atoms with E-state index >= 15 is 0 Å². The maximum absolute atomic E-state index is 11.5. The Kier molecular flexibility index (Phi) is 2.74. The Labute approximate surface area is 107 Å². The number of carbonyl (C=O) groups is 1. The Bertz CT molecular complexity index is 482. The van der Waals surface area contributed by atoms with Crippen LogP contribution in [-0.2, 0) is 4.79 Å². The van der Waals surface area contributed by atoms with Crippen LogP contribution in [0.25, 0.3) is 0 Å². The molecule has 1 aromatic carbocycles. The summed E-state index contributed by atoms with van der Waals surface area (Å²) < 4.78 is 0. The SMILES string of the molecule is CCCN(c1ccc2c(c1)NC(=O)C2N)C1CC1. The Hall–Kier alpha value is -1.55. The van der Waals surface area contributed by atoms with E-state index in [1.165, 1.54) is 18.5 Å². The first kappa shape index (κ1) is 11.5. The van der Waals surface area contributed by atoms with Gasteiger partial charge in [-0.3, -0.25) is 4.79 Å². The molecule has 3 rings (SSSR count). The highest BCUT2D eigenvalue weighted by molar-refractivity contribution is 6.02. The van der Waals surface area contributed by atoms with Crippen molar-refractivity contribution in [2.75, 3.05) is 16.8 Å². The van der Waals surface area contributed by atoms with Crippen molar-refractivity contribution in [3.05, 3.63) is 23.8 Å². The van der Waals surface area contributed by atoms with E-state index in [9.17, 15) is 4.79 Å². The number of hydrogen-bond acceptors (Lipinski definition) is 3. The minimum absolute atomic E-state index is 0.101. The van der Waals surface area contributed by atoms with Gasteiger partial charge in [0.1, 0.15) is 6.04 Å². The largest absolute Gasteiger partial charge is 0.368 e. The van der Waals surface area contributed by atoms with Gasteiger partial charge in [-0.15, -0.1) is 0 Å². The molecule has 0 saturated heterocycles. The molecule has 0 aromatic heterocycles. The highest BCUT2D eigenvalue weighted by Crippen LogP contribution is 2.37. The molecule has 1 atom stereocenters. The van der Waals surface area contributed by atoms with E-state index in [-0.39, 0.29) is 5.91 Å². The predicted octanol–water partition coefficient (Wildman–Crippen LogP) is 2.02. The Morgan fingerprint density at radius 2 is 2.22 bits per heavy atom. The van der Waals surface area contributed by atoms with Gasteiger partial charge < -0.3 is 16.0 Å². The van der Waals surface area contributed by atoms with Crippen LogP contribution in [0.1, 0.15) is 37.8 Å². The lowest BCUT2D eigenvalue weighted by Gasteiger charge is -2.24. The third-order valence-corrected chi connectivity index (χ3v) is 3.70. The summed E-state index contributed by atoms with van der Waals surface area (Å²) in [5, 5.41) is 2.85. The number of nitrogens with two attached hydrogens (primary N) is 1. The average molecular weight is 245 g/mol. The first-order valence-corrected chi connectivity index (χ1v) is 6.67. The molecule has 3 N–H and O–H groups in total. The highest BCUT2D eigenvalue weighted by Gasteiger charge is 2.31. The molecule has 4 nitrogen and oxygen atoms in total. The molecule has 18 heavy (non-hydrogen) atoms. The number of benzene rings is 1. The van der Waals surface area contributed by atoms with Crippen LogP contribution < -0.4 is 16.0 Å². The van der Waals surface area contributed by atoms with Gasteiger partial charge in [0, 0.05) is 29.5 Å². The van der Waals surface area contributed by atoms with Gasteiger partial charge in [-0.2, -0.15) is 0 Å². The molecule has 0 bridgehead atoms. The molecular weight excluding hydrogens is 226 g/mol. The zero-order chi connectivity index (χ0) is 12.7. The first-order chi connectivity index (χ1) is 8.70. The van der Waals surface area contributed by atoms with Gasteiger partial charge in [0.05, 0.1) is 0 Å². The summed E-state index contributed by atoms with van der Waals surface area (Å²) in [6.07, 6.45) is 3.70. The molecule has 1 aromatic rings. The van der Waals surface area contributed by atoms with E-state index < -0.39 is 6.04 Å². The van der Waals surface area contributed by atoms with Gasteiger partial charge in [0.25, 0.3) is 0 Å². The summed E-state index contributed by atoms with van der Waals surface area (Å²) in [6.45, 7) is 3.27. The van der Waals surface area contributed by atoms with Crippen molar-refractivity contribution in [2.45, 2.75) is 38.3 Å². The average Bonchev–Trinajstić information content (AvgIpc) is 3.15. The summed E-state index contributed by atoms with van der Waals surface area (Å²) in [7, 11) is 0. The monoisotopic (exact) mass is 245 g/mol. The molecule has 1 saturated carbocycles. The number of nitrogens with one attached hydrogen (secondary N) is 1. The van der Waals surface area contributed by atoms with E-state index in [1.807, 2.05) is 6.07 Å². The molecule has 2 aliphatic rings. The van der Waals surface area contributed by atoms with Crippen LogP contribution in [0.3, 0.4) is 0 Å². The van der Waals surface area contributed by atoms with Gasteiger partial charge >= 0.3 is 0 Å². The number of amides is 1. The molecule has 1 fully saturated rings. The third-order valence-electron chi connectivity index (χ3n) is 3.70. The first-order valence-electron chi connectivity index (χ1n) is 6.67. The lowest BCUT2D eigenvalue weighted by atomic mass is 10.1. The second-order valence-corrected chi connectivity index (χ2v) is 5.16. The van der Waals surface area contributed by atoms with Crippen LogP contribution in [0.5, 0.6) is 0 Å². The van der Waals surface area contributed by atoms with E-state index in [2.05, 4.69) is 29.3 Å². The fourth-order valence-corrected chi connectivity index (χ4v) is 2.60. The molecular formula is C14H19N3O. The van der Waals surface area contributed by atoms with Gasteiger partial charge in [-0.25, -0.2) is 0 Å². The minimum atomic E-state index is -0.505. The van der Waals surface area contributed by atoms with Crippen molar-refractivity contribution < 1.29 is 4.79 Å². The Balaban J connectivity index is 1.90. The summed E-state index contributed by atoms with van der Waals surface area (Å²) in [5.41, 5.74) is 8.82. The topological polar surface area (TPSA) is 58.4 Å². The normalized spacial score (nSPS) is 21.7. The van der Waals surface area contributed by atoms with Crippen molar-refractivity contribution in [3.8, 4) is 0 Å². The minimum Gasteiger partial charge on any atom is -0.368 e. The summed E-state index contributed by atoms with van der Waals surface area (Å²) in [4.78, 5) is 14.0. The summed E-state index contributed by atoms with van der Waals surface area (Å²) >= 11 is 0. The van der Waals surface area contributed by atoms with Crippen LogP contribution in [0.4, 0.5) is 11.4 Å². The number of hydrogen-bond donors (Lipinski definition) is 2. The Morgan fingerprint density at radius 1 is 1.44 bits per heavy atom. The number of fused-ring (bicyclic) bond motifs is 1. The Morgan fingerprint density at radius 3 is 2.89 bits per heavy atom. The fraction of sp³-hybridized carbons (Fsp3) is 0.500. The number of nitrogens with zero attached hydrogens (tertiary/aromatic N) is 1. The number of anilines is 2. The lowest BCUT2D eigenvalue weighted by molar-refractivity contribution is -0.116. The van der Waals surface area contributed by atoms with E-state index in [0.717, 1.165) is 24.2 Å². The molecule has 1 unspecified atom stereocenters. The van der Waals surface area contributed by atoms with Crippen molar-refractivity contribution >= 4 is 17.3 Å². The second kappa shape index (κ2) is 4.28. The van der Waals surface area contributed by atoms with Crippen molar-refractivity contribution in [3.63, 3.8) is 0 Å². The summed E-state index contributed by atoms with van der Waals surface area (Å²) in [5.74, 6) is -0.101. The molecule has 1 amide bonds. The molecule has 4 heteroatoms.